The highest BCUT2D eigenvalue weighted by atomic mass is 79.9. The number of benzene rings is 2. The Morgan fingerprint density at radius 3 is 2.65 bits per heavy atom. The second-order valence-electron chi connectivity index (χ2n) is 3.94. The third kappa shape index (κ3) is 3.68. The molecule has 2 aromatic rings. The molecule has 20 heavy (non-hydrogen) atoms. The Hall–Kier alpha value is -1.65. The third-order valence-electron chi connectivity index (χ3n) is 2.53. The SMILES string of the molecule is O=C(/C=C/c1c(F)cccc1Cl)Nc1ccccc1Br. The summed E-state index contributed by atoms with van der Waals surface area (Å²) in [6.45, 7) is 0. The minimum atomic E-state index is -0.470. The molecule has 0 spiro atoms. The monoisotopic (exact) mass is 353 g/mol. The molecule has 0 fully saturated rings. The number of carbonyl (C=O) groups excluding carboxylic acids is 1. The summed E-state index contributed by atoms with van der Waals surface area (Å²) in [5.74, 6) is -0.835. The Balaban J connectivity index is 2.12. The van der Waals surface area contributed by atoms with Crippen molar-refractivity contribution in [3.8, 4) is 0 Å². The maximum absolute atomic E-state index is 13.5. The summed E-state index contributed by atoms with van der Waals surface area (Å²) in [5, 5.41) is 2.94. The highest BCUT2D eigenvalue weighted by Gasteiger charge is 2.05. The zero-order valence-corrected chi connectivity index (χ0v) is 12.6. The van der Waals surface area contributed by atoms with Gasteiger partial charge in [0.05, 0.1) is 10.7 Å². The average Bonchev–Trinajstić information content (AvgIpc) is 2.41. The lowest BCUT2D eigenvalue weighted by Gasteiger charge is -2.04. The molecule has 2 aromatic carbocycles. The fourth-order valence-corrected chi connectivity index (χ4v) is 2.18. The van der Waals surface area contributed by atoms with Gasteiger partial charge in [-0.25, -0.2) is 4.39 Å². The molecular weight excluding hydrogens is 345 g/mol. The summed E-state index contributed by atoms with van der Waals surface area (Å²) in [6, 6.07) is 11.6. The number of carbonyl (C=O) groups is 1. The molecule has 0 saturated heterocycles. The smallest absolute Gasteiger partial charge is 0.248 e. The van der Waals surface area contributed by atoms with Gasteiger partial charge in [0.1, 0.15) is 5.82 Å². The van der Waals surface area contributed by atoms with Gasteiger partial charge in [0.25, 0.3) is 0 Å². The van der Waals surface area contributed by atoms with E-state index in [-0.39, 0.29) is 16.5 Å². The normalized spacial score (nSPS) is 10.8. The van der Waals surface area contributed by atoms with E-state index in [4.69, 9.17) is 11.6 Å². The van der Waals surface area contributed by atoms with Crippen molar-refractivity contribution >= 4 is 45.2 Å². The summed E-state index contributed by atoms with van der Waals surface area (Å²) >= 11 is 9.19. The molecule has 2 nitrogen and oxygen atoms in total. The number of amides is 1. The number of para-hydroxylation sites is 1. The van der Waals surface area contributed by atoms with Gasteiger partial charge >= 0.3 is 0 Å². The maximum Gasteiger partial charge on any atom is 0.248 e. The zero-order chi connectivity index (χ0) is 14.5. The van der Waals surface area contributed by atoms with Crippen molar-refractivity contribution in [3.63, 3.8) is 0 Å². The van der Waals surface area contributed by atoms with E-state index < -0.39 is 5.82 Å². The Labute approximate surface area is 129 Å². The molecule has 0 aliphatic carbocycles. The van der Waals surface area contributed by atoms with Gasteiger partial charge in [0, 0.05) is 16.1 Å². The third-order valence-corrected chi connectivity index (χ3v) is 3.55. The van der Waals surface area contributed by atoms with Crippen molar-refractivity contribution in [3.05, 3.63) is 69.4 Å². The molecule has 1 N–H and O–H groups in total. The molecular formula is C15H10BrClFNO. The molecule has 0 aromatic heterocycles. The second-order valence-corrected chi connectivity index (χ2v) is 5.20. The zero-order valence-electron chi connectivity index (χ0n) is 10.2. The van der Waals surface area contributed by atoms with Crippen molar-refractivity contribution in [2.45, 2.75) is 0 Å². The van der Waals surface area contributed by atoms with Gasteiger partial charge in [-0.05, 0) is 46.3 Å². The van der Waals surface area contributed by atoms with Crippen LogP contribution in [0.2, 0.25) is 5.02 Å². The van der Waals surface area contributed by atoms with E-state index in [9.17, 15) is 9.18 Å². The predicted octanol–water partition coefficient (Wildman–Crippen LogP) is 4.89. The molecule has 0 unspecified atom stereocenters. The quantitative estimate of drug-likeness (QED) is 0.781. The van der Waals surface area contributed by atoms with Crippen LogP contribution in [-0.2, 0) is 4.79 Å². The highest BCUT2D eigenvalue weighted by Crippen LogP contribution is 2.22. The summed E-state index contributed by atoms with van der Waals surface area (Å²) in [6.07, 6.45) is 2.59. The van der Waals surface area contributed by atoms with E-state index in [0.717, 1.165) is 4.47 Å². The second kappa shape index (κ2) is 6.68. The number of anilines is 1. The largest absolute Gasteiger partial charge is 0.321 e. The van der Waals surface area contributed by atoms with Gasteiger partial charge in [-0.1, -0.05) is 29.8 Å². The van der Waals surface area contributed by atoms with E-state index in [1.54, 1.807) is 18.2 Å². The number of hydrogen-bond acceptors (Lipinski definition) is 1. The molecule has 1 amide bonds. The Morgan fingerprint density at radius 1 is 1.20 bits per heavy atom. The number of halogens is 3. The van der Waals surface area contributed by atoms with Crippen molar-refractivity contribution < 1.29 is 9.18 Å². The minimum absolute atomic E-state index is 0.191. The summed E-state index contributed by atoms with van der Waals surface area (Å²) in [4.78, 5) is 11.8. The van der Waals surface area contributed by atoms with Crippen LogP contribution in [0, 0.1) is 5.82 Å². The molecule has 0 radical (unpaired) electrons. The van der Waals surface area contributed by atoms with Crippen molar-refractivity contribution in [1.82, 2.24) is 0 Å². The lowest BCUT2D eigenvalue weighted by Crippen LogP contribution is -2.08. The fraction of sp³-hybridized carbons (Fsp3) is 0. The Bertz CT molecular complexity index is 652. The van der Waals surface area contributed by atoms with Gasteiger partial charge in [0.2, 0.25) is 5.91 Å². The summed E-state index contributed by atoms with van der Waals surface area (Å²) in [7, 11) is 0. The van der Waals surface area contributed by atoms with Gasteiger partial charge in [-0.3, -0.25) is 4.79 Å². The first-order valence-electron chi connectivity index (χ1n) is 5.75. The van der Waals surface area contributed by atoms with Crippen LogP contribution in [-0.4, -0.2) is 5.91 Å². The van der Waals surface area contributed by atoms with E-state index in [0.29, 0.717) is 5.69 Å². The van der Waals surface area contributed by atoms with Gasteiger partial charge in [0.15, 0.2) is 0 Å². The topological polar surface area (TPSA) is 29.1 Å². The molecule has 2 rings (SSSR count). The number of rotatable bonds is 3. The Kier molecular flexibility index (Phi) is 4.93. The van der Waals surface area contributed by atoms with Crippen LogP contribution in [0.4, 0.5) is 10.1 Å². The van der Waals surface area contributed by atoms with Gasteiger partial charge in [-0.2, -0.15) is 0 Å². The summed E-state index contributed by atoms with van der Waals surface area (Å²) in [5.41, 5.74) is 0.832. The average molecular weight is 355 g/mol. The Morgan fingerprint density at radius 2 is 1.95 bits per heavy atom. The molecule has 0 bridgehead atoms. The van der Waals surface area contributed by atoms with Crippen LogP contribution in [0.1, 0.15) is 5.56 Å². The van der Waals surface area contributed by atoms with Gasteiger partial charge in [-0.15, -0.1) is 0 Å². The first-order valence-corrected chi connectivity index (χ1v) is 6.92. The standard InChI is InChI=1S/C15H10BrClFNO/c16-11-4-1-2-7-14(11)19-15(20)9-8-10-12(17)5-3-6-13(10)18/h1-9H,(H,19,20)/b9-8+. The lowest BCUT2D eigenvalue weighted by molar-refractivity contribution is -0.111. The van der Waals surface area contributed by atoms with Crippen LogP contribution in [0.3, 0.4) is 0 Å². The maximum atomic E-state index is 13.5. The van der Waals surface area contributed by atoms with Gasteiger partial charge < -0.3 is 5.32 Å². The van der Waals surface area contributed by atoms with Crippen molar-refractivity contribution in [2.75, 3.05) is 5.32 Å². The summed E-state index contributed by atoms with van der Waals surface area (Å²) < 4.78 is 14.3. The van der Waals surface area contributed by atoms with E-state index in [2.05, 4.69) is 21.2 Å². The van der Waals surface area contributed by atoms with Crippen LogP contribution >= 0.6 is 27.5 Å². The van der Waals surface area contributed by atoms with E-state index in [1.807, 2.05) is 12.1 Å². The lowest BCUT2D eigenvalue weighted by atomic mass is 10.2. The number of nitrogens with one attached hydrogen (secondary N) is 1. The molecule has 0 aliphatic heterocycles. The molecule has 0 aliphatic rings. The number of hydrogen-bond donors (Lipinski definition) is 1. The molecule has 0 heterocycles. The molecule has 0 atom stereocenters. The van der Waals surface area contributed by atoms with Crippen molar-refractivity contribution in [2.24, 2.45) is 0 Å². The van der Waals surface area contributed by atoms with Crippen LogP contribution in [0.15, 0.2) is 53.0 Å². The predicted molar refractivity (Wildman–Crippen MR) is 83.2 cm³/mol. The van der Waals surface area contributed by atoms with E-state index >= 15 is 0 Å². The fourth-order valence-electron chi connectivity index (χ4n) is 1.57. The van der Waals surface area contributed by atoms with Crippen LogP contribution in [0.25, 0.3) is 6.08 Å². The van der Waals surface area contributed by atoms with Crippen LogP contribution in [0.5, 0.6) is 0 Å². The van der Waals surface area contributed by atoms with E-state index in [1.165, 1.54) is 24.3 Å². The molecule has 5 heteroatoms. The minimum Gasteiger partial charge on any atom is -0.321 e. The van der Waals surface area contributed by atoms with Crippen molar-refractivity contribution in [1.29, 1.82) is 0 Å². The first-order chi connectivity index (χ1) is 9.58. The molecule has 102 valence electrons. The van der Waals surface area contributed by atoms with Crippen LogP contribution < -0.4 is 5.32 Å². The molecule has 0 saturated carbocycles. The highest BCUT2D eigenvalue weighted by molar-refractivity contribution is 9.10. The first kappa shape index (κ1) is 14.8.